The second kappa shape index (κ2) is 5.47. The lowest BCUT2D eigenvalue weighted by Gasteiger charge is -2.37. The van der Waals surface area contributed by atoms with Crippen LogP contribution in [0.25, 0.3) is 0 Å². The van der Waals surface area contributed by atoms with Gasteiger partial charge in [-0.2, -0.15) is 0 Å². The Morgan fingerprint density at radius 3 is 2.40 bits per heavy atom. The Morgan fingerprint density at radius 1 is 1.25 bits per heavy atom. The zero-order valence-electron chi connectivity index (χ0n) is 13.0. The number of aryl methyl sites for hydroxylation is 2. The maximum Gasteiger partial charge on any atom is 0.228 e. The van der Waals surface area contributed by atoms with Gasteiger partial charge in [0, 0.05) is 17.3 Å². The third-order valence-electron chi connectivity index (χ3n) is 4.63. The minimum Gasteiger partial charge on any atom is -0.399 e. The average molecular weight is 274 g/mol. The topological polar surface area (TPSA) is 55.1 Å². The Morgan fingerprint density at radius 2 is 1.85 bits per heavy atom. The first-order valence-electron chi connectivity index (χ1n) is 7.49. The second-order valence-corrected chi connectivity index (χ2v) is 6.81. The van der Waals surface area contributed by atoms with Crippen molar-refractivity contribution < 1.29 is 4.79 Å². The number of nitrogens with one attached hydrogen (secondary N) is 1. The molecule has 1 aliphatic rings. The zero-order chi connectivity index (χ0) is 14.9. The quantitative estimate of drug-likeness (QED) is 0.800. The summed E-state index contributed by atoms with van der Waals surface area (Å²) >= 11 is 0. The highest BCUT2D eigenvalue weighted by molar-refractivity contribution is 5.94. The van der Waals surface area contributed by atoms with E-state index in [-0.39, 0.29) is 17.2 Å². The van der Waals surface area contributed by atoms with E-state index in [0.717, 1.165) is 41.8 Å². The van der Waals surface area contributed by atoms with Gasteiger partial charge in [-0.3, -0.25) is 4.79 Å². The van der Waals surface area contributed by atoms with E-state index in [1.54, 1.807) is 0 Å². The predicted octanol–water partition coefficient (Wildman–Crippen LogP) is 4.04. The molecule has 3 heteroatoms. The van der Waals surface area contributed by atoms with Crippen LogP contribution in [0.2, 0.25) is 0 Å². The average Bonchev–Trinajstić information content (AvgIpc) is 2.32. The minimum absolute atomic E-state index is 0.0952. The van der Waals surface area contributed by atoms with Crippen molar-refractivity contribution in [3.8, 4) is 0 Å². The van der Waals surface area contributed by atoms with E-state index in [9.17, 15) is 4.79 Å². The number of nitrogens with two attached hydrogens (primary N) is 1. The summed E-state index contributed by atoms with van der Waals surface area (Å²) in [7, 11) is 0. The summed E-state index contributed by atoms with van der Waals surface area (Å²) in [6.07, 6.45) is 4.51. The van der Waals surface area contributed by atoms with E-state index in [1.807, 2.05) is 26.0 Å². The van der Waals surface area contributed by atoms with E-state index in [2.05, 4.69) is 19.2 Å². The molecule has 1 amide bonds. The number of amides is 1. The van der Waals surface area contributed by atoms with Gasteiger partial charge in [-0.05, 0) is 55.4 Å². The van der Waals surface area contributed by atoms with Gasteiger partial charge in [0.2, 0.25) is 5.91 Å². The van der Waals surface area contributed by atoms with Gasteiger partial charge in [0.05, 0.1) is 0 Å². The molecule has 1 aromatic rings. The molecule has 0 aliphatic heterocycles. The summed E-state index contributed by atoms with van der Waals surface area (Å²) in [5.41, 5.74) is 9.66. The minimum atomic E-state index is 0.0952. The third kappa shape index (κ3) is 2.97. The lowest BCUT2D eigenvalue weighted by atomic mass is 9.68. The fraction of sp³-hybridized carbons (Fsp3) is 0.588. The Hall–Kier alpha value is -1.51. The fourth-order valence-corrected chi connectivity index (χ4v) is 3.38. The van der Waals surface area contributed by atoms with Crippen LogP contribution in [0, 0.1) is 25.2 Å². The lowest BCUT2D eigenvalue weighted by Crippen LogP contribution is -2.37. The molecule has 0 heterocycles. The molecule has 3 nitrogen and oxygen atoms in total. The summed E-state index contributed by atoms with van der Waals surface area (Å²) in [6, 6.07) is 3.82. The molecule has 1 atom stereocenters. The van der Waals surface area contributed by atoms with Gasteiger partial charge in [0.15, 0.2) is 0 Å². The molecule has 0 saturated heterocycles. The normalized spacial score (nSPS) is 21.5. The number of rotatable bonds is 2. The van der Waals surface area contributed by atoms with Crippen LogP contribution in [-0.4, -0.2) is 5.91 Å². The summed E-state index contributed by atoms with van der Waals surface area (Å²) in [5, 5.41) is 3.14. The van der Waals surface area contributed by atoms with E-state index < -0.39 is 0 Å². The molecule has 2 rings (SSSR count). The molecule has 0 spiro atoms. The molecule has 1 saturated carbocycles. The van der Waals surface area contributed by atoms with Gasteiger partial charge >= 0.3 is 0 Å². The first-order chi connectivity index (χ1) is 9.31. The molecule has 1 aromatic carbocycles. The van der Waals surface area contributed by atoms with Crippen LogP contribution >= 0.6 is 0 Å². The second-order valence-electron chi connectivity index (χ2n) is 6.81. The standard InChI is InChI=1S/C17H26N2O/c1-11-9-13(18)10-12(2)15(11)19-16(20)14-7-5-6-8-17(14,3)4/h9-10,14H,5-8,18H2,1-4H3,(H,19,20). The van der Waals surface area contributed by atoms with Gasteiger partial charge in [-0.1, -0.05) is 26.7 Å². The summed E-state index contributed by atoms with van der Waals surface area (Å²) < 4.78 is 0. The SMILES string of the molecule is Cc1cc(N)cc(C)c1NC(=O)C1CCCCC1(C)C. The van der Waals surface area contributed by atoms with Crippen molar-refractivity contribution in [2.75, 3.05) is 11.1 Å². The van der Waals surface area contributed by atoms with Crippen molar-refractivity contribution >= 4 is 17.3 Å². The molecule has 3 N–H and O–H groups in total. The highest BCUT2D eigenvalue weighted by Crippen LogP contribution is 2.41. The van der Waals surface area contributed by atoms with Crippen LogP contribution in [0.15, 0.2) is 12.1 Å². The Kier molecular flexibility index (Phi) is 4.07. The number of nitrogen functional groups attached to an aromatic ring is 1. The van der Waals surface area contributed by atoms with Crippen LogP contribution in [0.3, 0.4) is 0 Å². The smallest absolute Gasteiger partial charge is 0.228 e. The molecule has 1 aliphatic carbocycles. The van der Waals surface area contributed by atoms with Crippen molar-refractivity contribution in [2.45, 2.75) is 53.4 Å². The Bertz CT molecular complexity index is 497. The maximum absolute atomic E-state index is 12.6. The van der Waals surface area contributed by atoms with E-state index >= 15 is 0 Å². The fourth-order valence-electron chi connectivity index (χ4n) is 3.38. The van der Waals surface area contributed by atoms with Gasteiger partial charge in [0.25, 0.3) is 0 Å². The van der Waals surface area contributed by atoms with E-state index in [1.165, 1.54) is 6.42 Å². The third-order valence-corrected chi connectivity index (χ3v) is 4.63. The number of hydrogen-bond donors (Lipinski definition) is 2. The van der Waals surface area contributed by atoms with Crippen molar-refractivity contribution in [1.82, 2.24) is 0 Å². The Balaban J connectivity index is 2.20. The van der Waals surface area contributed by atoms with Crippen molar-refractivity contribution in [3.05, 3.63) is 23.3 Å². The molecular weight excluding hydrogens is 248 g/mol. The first-order valence-corrected chi connectivity index (χ1v) is 7.49. The van der Waals surface area contributed by atoms with Gasteiger partial charge < -0.3 is 11.1 Å². The summed E-state index contributed by atoms with van der Waals surface area (Å²) in [6.45, 7) is 8.40. The predicted molar refractivity (Wildman–Crippen MR) is 84.7 cm³/mol. The molecule has 1 unspecified atom stereocenters. The summed E-state index contributed by atoms with van der Waals surface area (Å²) in [4.78, 5) is 12.6. The lowest BCUT2D eigenvalue weighted by molar-refractivity contribution is -0.124. The number of carbonyl (C=O) groups is 1. The highest BCUT2D eigenvalue weighted by Gasteiger charge is 2.37. The molecule has 0 aromatic heterocycles. The molecule has 20 heavy (non-hydrogen) atoms. The molecule has 0 radical (unpaired) electrons. The van der Waals surface area contributed by atoms with E-state index in [4.69, 9.17) is 5.73 Å². The number of benzene rings is 1. The van der Waals surface area contributed by atoms with Crippen LogP contribution < -0.4 is 11.1 Å². The van der Waals surface area contributed by atoms with Crippen molar-refractivity contribution in [1.29, 1.82) is 0 Å². The maximum atomic E-state index is 12.6. The largest absolute Gasteiger partial charge is 0.399 e. The molecule has 1 fully saturated rings. The van der Waals surface area contributed by atoms with Crippen molar-refractivity contribution in [2.24, 2.45) is 11.3 Å². The van der Waals surface area contributed by atoms with Crippen LogP contribution in [0.1, 0.15) is 50.7 Å². The van der Waals surface area contributed by atoms with Crippen LogP contribution in [0.4, 0.5) is 11.4 Å². The molecule has 110 valence electrons. The van der Waals surface area contributed by atoms with E-state index in [0.29, 0.717) is 0 Å². The summed E-state index contributed by atoms with van der Waals surface area (Å²) in [5.74, 6) is 0.262. The number of carbonyl (C=O) groups excluding carboxylic acids is 1. The van der Waals surface area contributed by atoms with Gasteiger partial charge in [-0.15, -0.1) is 0 Å². The van der Waals surface area contributed by atoms with Crippen molar-refractivity contribution in [3.63, 3.8) is 0 Å². The monoisotopic (exact) mass is 274 g/mol. The Labute approximate surface area is 121 Å². The number of anilines is 2. The highest BCUT2D eigenvalue weighted by atomic mass is 16.1. The zero-order valence-corrected chi connectivity index (χ0v) is 13.0. The molecule has 0 bridgehead atoms. The first kappa shape index (κ1) is 14.9. The van der Waals surface area contributed by atoms with Crippen LogP contribution in [0.5, 0.6) is 0 Å². The van der Waals surface area contributed by atoms with Gasteiger partial charge in [-0.25, -0.2) is 0 Å². The van der Waals surface area contributed by atoms with Crippen LogP contribution in [-0.2, 0) is 4.79 Å². The van der Waals surface area contributed by atoms with Gasteiger partial charge in [0.1, 0.15) is 0 Å². The molecular formula is C17H26N2O. The number of hydrogen-bond acceptors (Lipinski definition) is 2.